The molecule has 2 amide bonds. The van der Waals surface area contributed by atoms with E-state index in [4.69, 9.17) is 5.21 Å². The van der Waals surface area contributed by atoms with Crippen molar-refractivity contribution in [1.82, 2.24) is 10.8 Å². The van der Waals surface area contributed by atoms with Crippen LogP contribution >= 0.6 is 11.3 Å². The average Bonchev–Trinajstić information content (AvgIpc) is 2.97. The summed E-state index contributed by atoms with van der Waals surface area (Å²) in [5, 5.41) is 11.4. The van der Waals surface area contributed by atoms with Gasteiger partial charge in [0.25, 0.3) is 11.8 Å². The molecule has 0 saturated carbocycles. The van der Waals surface area contributed by atoms with Gasteiger partial charge < -0.3 is 5.32 Å². The zero-order chi connectivity index (χ0) is 15.2. The Morgan fingerprint density at radius 2 is 1.71 bits per heavy atom. The zero-order valence-corrected chi connectivity index (χ0v) is 12.3. The molecule has 3 N–H and O–H groups in total. The van der Waals surface area contributed by atoms with Gasteiger partial charge in [-0.3, -0.25) is 14.8 Å². The number of carbonyl (C=O) groups excluding carboxylic acids is 2. The van der Waals surface area contributed by atoms with Gasteiger partial charge in [0, 0.05) is 6.04 Å². The lowest BCUT2D eigenvalue weighted by atomic mass is 10.1. The Morgan fingerprint density at radius 3 is 2.33 bits per heavy atom. The molecule has 0 saturated heterocycles. The fourth-order valence-electron chi connectivity index (χ4n) is 1.95. The van der Waals surface area contributed by atoms with Crippen molar-refractivity contribution in [2.24, 2.45) is 0 Å². The van der Waals surface area contributed by atoms with Crippen molar-refractivity contribution in [1.29, 1.82) is 0 Å². The van der Waals surface area contributed by atoms with E-state index in [1.165, 1.54) is 6.07 Å². The van der Waals surface area contributed by atoms with Gasteiger partial charge in [0.1, 0.15) is 0 Å². The number of amides is 2. The molecular formula is C15H16N2O3S. The Kier molecular flexibility index (Phi) is 5.08. The van der Waals surface area contributed by atoms with E-state index in [-0.39, 0.29) is 11.9 Å². The van der Waals surface area contributed by atoms with Gasteiger partial charge in [-0.15, -0.1) is 11.3 Å². The first-order valence-electron chi connectivity index (χ1n) is 6.49. The van der Waals surface area contributed by atoms with E-state index < -0.39 is 5.91 Å². The Hall–Kier alpha value is -2.18. The smallest absolute Gasteiger partial charge is 0.284 e. The molecule has 0 aliphatic rings. The summed E-state index contributed by atoms with van der Waals surface area (Å²) in [7, 11) is 0. The van der Waals surface area contributed by atoms with Crippen LogP contribution in [-0.2, 0) is 6.42 Å². The largest absolute Gasteiger partial charge is 0.349 e. The van der Waals surface area contributed by atoms with Crippen molar-refractivity contribution in [2.75, 3.05) is 0 Å². The van der Waals surface area contributed by atoms with E-state index in [0.717, 1.165) is 23.3 Å². The van der Waals surface area contributed by atoms with Gasteiger partial charge in [-0.25, -0.2) is 5.48 Å². The molecular weight excluding hydrogens is 288 g/mol. The second-order valence-electron chi connectivity index (χ2n) is 4.67. The molecule has 6 heteroatoms. The second kappa shape index (κ2) is 7.01. The summed E-state index contributed by atoms with van der Waals surface area (Å²) < 4.78 is 0. The third-order valence-corrected chi connectivity index (χ3v) is 4.00. The average molecular weight is 304 g/mol. The number of rotatable bonds is 5. The normalized spacial score (nSPS) is 11.7. The van der Waals surface area contributed by atoms with Crippen molar-refractivity contribution >= 4 is 23.2 Å². The molecule has 2 rings (SSSR count). The first kappa shape index (κ1) is 15.2. The highest BCUT2D eigenvalue weighted by Gasteiger charge is 2.15. The van der Waals surface area contributed by atoms with Crippen LogP contribution in [0.1, 0.15) is 31.8 Å². The molecule has 1 aromatic heterocycles. The van der Waals surface area contributed by atoms with Crippen molar-refractivity contribution in [3.63, 3.8) is 0 Å². The first-order valence-corrected chi connectivity index (χ1v) is 7.31. The van der Waals surface area contributed by atoms with E-state index in [2.05, 4.69) is 5.32 Å². The molecule has 0 fully saturated rings. The minimum absolute atomic E-state index is 0.0166. The molecule has 1 heterocycles. The highest BCUT2D eigenvalue weighted by Crippen LogP contribution is 2.16. The number of thiophene rings is 1. The van der Waals surface area contributed by atoms with Gasteiger partial charge >= 0.3 is 0 Å². The van der Waals surface area contributed by atoms with Gasteiger partial charge in [-0.2, -0.15) is 0 Å². The minimum atomic E-state index is -0.614. The molecule has 0 aliphatic carbocycles. The quantitative estimate of drug-likeness (QED) is 0.585. The van der Waals surface area contributed by atoms with Crippen LogP contribution in [0.15, 0.2) is 42.5 Å². The highest BCUT2D eigenvalue weighted by atomic mass is 32.1. The standard InChI is InChI=1S/C15H16N2O3S/c1-10(9-11-5-3-2-4-6-11)16-14(18)12-7-8-13(21-12)15(19)17-20/h2-8,10,20H,9H2,1H3,(H,16,18)(H,17,19). The zero-order valence-electron chi connectivity index (χ0n) is 11.5. The predicted octanol–water partition coefficient (Wildman–Crippen LogP) is 2.23. The number of benzene rings is 1. The fraction of sp³-hybridized carbons (Fsp3) is 0.200. The third kappa shape index (κ3) is 4.14. The molecule has 0 bridgehead atoms. The number of hydrogen-bond acceptors (Lipinski definition) is 4. The predicted molar refractivity (Wildman–Crippen MR) is 80.6 cm³/mol. The van der Waals surface area contributed by atoms with Crippen molar-refractivity contribution in [2.45, 2.75) is 19.4 Å². The van der Waals surface area contributed by atoms with Crippen LogP contribution in [0, 0.1) is 0 Å². The van der Waals surface area contributed by atoms with Crippen molar-refractivity contribution in [3.05, 3.63) is 57.8 Å². The number of hydrogen-bond donors (Lipinski definition) is 3. The SMILES string of the molecule is CC(Cc1ccccc1)NC(=O)c1ccc(C(=O)NO)s1. The van der Waals surface area contributed by atoms with Crippen LogP contribution in [0.4, 0.5) is 0 Å². The summed E-state index contributed by atoms with van der Waals surface area (Å²) in [6, 6.07) is 13.0. The summed E-state index contributed by atoms with van der Waals surface area (Å²) in [5.74, 6) is -0.836. The van der Waals surface area contributed by atoms with Crippen LogP contribution < -0.4 is 10.8 Å². The van der Waals surface area contributed by atoms with Gasteiger partial charge in [0.05, 0.1) is 9.75 Å². The summed E-state index contributed by atoms with van der Waals surface area (Å²) in [5.41, 5.74) is 2.70. The van der Waals surface area contributed by atoms with Crippen LogP contribution in [0.2, 0.25) is 0 Å². The summed E-state index contributed by atoms with van der Waals surface area (Å²) >= 11 is 1.04. The molecule has 21 heavy (non-hydrogen) atoms. The van der Waals surface area contributed by atoms with Crippen molar-refractivity contribution < 1.29 is 14.8 Å². The minimum Gasteiger partial charge on any atom is -0.349 e. The Bertz CT molecular complexity index is 625. The van der Waals surface area contributed by atoms with E-state index in [9.17, 15) is 9.59 Å². The van der Waals surface area contributed by atoms with E-state index in [1.54, 1.807) is 11.5 Å². The summed E-state index contributed by atoms with van der Waals surface area (Å²) in [6.07, 6.45) is 0.738. The topological polar surface area (TPSA) is 78.4 Å². The van der Waals surface area contributed by atoms with E-state index in [1.807, 2.05) is 37.3 Å². The number of hydroxylamine groups is 1. The van der Waals surface area contributed by atoms with Gasteiger partial charge in [0.2, 0.25) is 0 Å². The molecule has 110 valence electrons. The molecule has 1 unspecified atom stereocenters. The number of nitrogens with one attached hydrogen (secondary N) is 2. The summed E-state index contributed by atoms with van der Waals surface area (Å²) in [6.45, 7) is 1.93. The Morgan fingerprint density at radius 1 is 1.10 bits per heavy atom. The van der Waals surface area contributed by atoms with E-state index in [0.29, 0.717) is 9.75 Å². The Balaban J connectivity index is 1.94. The lowest BCUT2D eigenvalue weighted by molar-refractivity contribution is 0.0711. The molecule has 0 aliphatic heterocycles. The fourth-order valence-corrected chi connectivity index (χ4v) is 2.75. The second-order valence-corrected chi connectivity index (χ2v) is 5.75. The first-order chi connectivity index (χ1) is 10.1. The highest BCUT2D eigenvalue weighted by molar-refractivity contribution is 7.15. The van der Waals surface area contributed by atoms with Gasteiger partial charge in [0.15, 0.2) is 0 Å². The third-order valence-electron chi connectivity index (χ3n) is 2.92. The maximum Gasteiger partial charge on any atom is 0.284 e. The maximum absolute atomic E-state index is 12.1. The molecule has 1 atom stereocenters. The molecule has 5 nitrogen and oxygen atoms in total. The monoisotopic (exact) mass is 304 g/mol. The summed E-state index contributed by atoms with van der Waals surface area (Å²) in [4.78, 5) is 24.0. The lowest BCUT2D eigenvalue weighted by Crippen LogP contribution is -2.33. The lowest BCUT2D eigenvalue weighted by Gasteiger charge is -2.13. The van der Waals surface area contributed by atoms with E-state index >= 15 is 0 Å². The van der Waals surface area contributed by atoms with Crippen LogP contribution in [0.3, 0.4) is 0 Å². The van der Waals surface area contributed by atoms with Crippen LogP contribution in [0.25, 0.3) is 0 Å². The molecule has 1 aromatic carbocycles. The number of carbonyl (C=O) groups is 2. The van der Waals surface area contributed by atoms with Gasteiger partial charge in [-0.05, 0) is 31.0 Å². The Labute approximate surface area is 126 Å². The van der Waals surface area contributed by atoms with Crippen LogP contribution in [-0.4, -0.2) is 23.1 Å². The van der Waals surface area contributed by atoms with Crippen molar-refractivity contribution in [3.8, 4) is 0 Å². The van der Waals surface area contributed by atoms with Gasteiger partial charge in [-0.1, -0.05) is 30.3 Å². The maximum atomic E-state index is 12.1. The molecule has 0 radical (unpaired) electrons. The molecule has 0 spiro atoms. The van der Waals surface area contributed by atoms with Crippen LogP contribution in [0.5, 0.6) is 0 Å². The molecule has 2 aromatic rings.